The van der Waals surface area contributed by atoms with Crippen LogP contribution in [0.5, 0.6) is 5.75 Å². The topological polar surface area (TPSA) is 51.5 Å². The highest BCUT2D eigenvalue weighted by atomic mass is 16.5. The van der Waals surface area contributed by atoms with Gasteiger partial charge >= 0.3 is 5.97 Å². The molecule has 0 aliphatic heterocycles. The fourth-order valence-corrected chi connectivity index (χ4v) is 1.56. The quantitative estimate of drug-likeness (QED) is 0.825. The molecule has 0 atom stereocenters. The fourth-order valence-electron chi connectivity index (χ4n) is 1.56. The first kappa shape index (κ1) is 11.3. The molecule has 0 aliphatic rings. The first-order valence-corrected chi connectivity index (χ1v) is 5.36. The minimum Gasteiger partial charge on any atom is -0.507 e. The number of hydrogen-bond acceptors (Lipinski definition) is 3. The van der Waals surface area contributed by atoms with E-state index in [9.17, 15) is 9.90 Å². The van der Waals surface area contributed by atoms with Gasteiger partial charge in [0, 0.05) is 18.1 Å². The van der Waals surface area contributed by atoms with Crippen LogP contribution in [0.4, 0.5) is 0 Å². The van der Waals surface area contributed by atoms with Gasteiger partial charge in [-0.1, -0.05) is 0 Å². The summed E-state index contributed by atoms with van der Waals surface area (Å²) in [6.45, 7) is 2.01. The summed E-state index contributed by atoms with van der Waals surface area (Å²) in [5.74, 6) is -0.585. The maximum Gasteiger partial charge on any atom is 0.341 e. The Morgan fingerprint density at radius 1 is 1.35 bits per heavy atom. The van der Waals surface area contributed by atoms with Gasteiger partial charge in [0.15, 0.2) is 0 Å². The minimum absolute atomic E-state index is 0.0700. The Kier molecular flexibility index (Phi) is 3.14. The molecule has 2 rings (SSSR count). The van der Waals surface area contributed by atoms with E-state index >= 15 is 0 Å². The zero-order valence-electron chi connectivity index (χ0n) is 9.46. The summed E-state index contributed by atoms with van der Waals surface area (Å²) in [5.41, 5.74) is 0.980. The number of ether oxygens (including phenoxy) is 1. The molecule has 0 unspecified atom stereocenters. The molecule has 0 radical (unpaired) electrons. The van der Waals surface area contributed by atoms with Crippen molar-refractivity contribution in [1.29, 1.82) is 0 Å². The molecule has 1 heterocycles. The molecule has 0 aliphatic carbocycles. The van der Waals surface area contributed by atoms with Gasteiger partial charge in [0.25, 0.3) is 0 Å². The summed E-state index contributed by atoms with van der Waals surface area (Å²) < 4.78 is 6.72. The van der Waals surface area contributed by atoms with E-state index in [-0.39, 0.29) is 17.9 Å². The zero-order valence-corrected chi connectivity index (χ0v) is 9.46. The van der Waals surface area contributed by atoms with Crippen molar-refractivity contribution in [3.63, 3.8) is 0 Å². The average molecular weight is 231 g/mol. The Balaban J connectivity index is 2.39. The summed E-state index contributed by atoms with van der Waals surface area (Å²) in [5, 5.41) is 9.62. The first-order chi connectivity index (χ1) is 8.22. The van der Waals surface area contributed by atoms with Crippen molar-refractivity contribution in [2.24, 2.45) is 0 Å². The van der Waals surface area contributed by atoms with Gasteiger partial charge in [0.05, 0.1) is 6.61 Å². The average Bonchev–Trinajstić information content (AvgIpc) is 2.83. The van der Waals surface area contributed by atoms with Crippen molar-refractivity contribution < 1.29 is 14.6 Å². The second kappa shape index (κ2) is 4.74. The maximum atomic E-state index is 11.6. The van der Waals surface area contributed by atoms with Gasteiger partial charge in [-0.2, -0.15) is 0 Å². The summed E-state index contributed by atoms with van der Waals surface area (Å²) in [6.07, 6.45) is 3.72. The molecular weight excluding hydrogens is 218 g/mol. The second-order valence-electron chi connectivity index (χ2n) is 3.51. The van der Waals surface area contributed by atoms with Crippen LogP contribution in [0.3, 0.4) is 0 Å². The number of phenolic OH excluding ortho intramolecular Hbond substituents is 1. The molecular formula is C13H13NO3. The molecule has 0 saturated carbocycles. The number of rotatable bonds is 3. The SMILES string of the molecule is CCOC(=O)c1cc(-n2cccc2)ccc1O. The van der Waals surface area contributed by atoms with Gasteiger partial charge in [-0.15, -0.1) is 0 Å². The number of carbonyl (C=O) groups is 1. The standard InChI is InChI=1S/C13H13NO3/c1-2-17-13(16)11-9-10(5-6-12(11)15)14-7-3-4-8-14/h3-9,15H,2H2,1H3. The van der Waals surface area contributed by atoms with Crippen molar-refractivity contribution in [3.05, 3.63) is 48.3 Å². The maximum absolute atomic E-state index is 11.6. The number of nitrogens with zero attached hydrogens (tertiary/aromatic N) is 1. The largest absolute Gasteiger partial charge is 0.507 e. The lowest BCUT2D eigenvalue weighted by Crippen LogP contribution is -2.05. The van der Waals surface area contributed by atoms with Gasteiger partial charge in [-0.05, 0) is 37.3 Å². The van der Waals surface area contributed by atoms with Gasteiger partial charge in [0.1, 0.15) is 11.3 Å². The van der Waals surface area contributed by atoms with E-state index in [1.165, 1.54) is 6.07 Å². The third kappa shape index (κ3) is 2.30. The number of benzene rings is 1. The van der Waals surface area contributed by atoms with E-state index in [1.807, 2.05) is 29.1 Å². The van der Waals surface area contributed by atoms with Crippen LogP contribution in [-0.4, -0.2) is 22.2 Å². The molecule has 0 fully saturated rings. The van der Waals surface area contributed by atoms with Crippen LogP contribution in [0, 0.1) is 0 Å². The highest BCUT2D eigenvalue weighted by molar-refractivity contribution is 5.93. The molecule has 17 heavy (non-hydrogen) atoms. The first-order valence-electron chi connectivity index (χ1n) is 5.36. The van der Waals surface area contributed by atoms with Gasteiger partial charge < -0.3 is 14.4 Å². The Morgan fingerprint density at radius 3 is 2.71 bits per heavy atom. The van der Waals surface area contributed by atoms with E-state index in [0.717, 1.165) is 5.69 Å². The molecule has 4 heteroatoms. The predicted molar refractivity (Wildman–Crippen MR) is 63.4 cm³/mol. The van der Waals surface area contributed by atoms with Crippen LogP contribution >= 0.6 is 0 Å². The van der Waals surface area contributed by atoms with Crippen LogP contribution < -0.4 is 0 Å². The van der Waals surface area contributed by atoms with Crippen molar-refractivity contribution >= 4 is 5.97 Å². The van der Waals surface area contributed by atoms with Crippen molar-refractivity contribution in [2.45, 2.75) is 6.92 Å². The van der Waals surface area contributed by atoms with Crippen LogP contribution in [0.1, 0.15) is 17.3 Å². The van der Waals surface area contributed by atoms with Crippen LogP contribution in [0.25, 0.3) is 5.69 Å². The molecule has 0 spiro atoms. The number of carbonyl (C=O) groups excluding carboxylic acids is 1. The van der Waals surface area contributed by atoms with Gasteiger partial charge in [0.2, 0.25) is 0 Å². The summed E-state index contributed by atoms with van der Waals surface area (Å²) in [4.78, 5) is 11.6. The smallest absolute Gasteiger partial charge is 0.341 e. The summed E-state index contributed by atoms with van der Waals surface area (Å²) in [7, 11) is 0. The lowest BCUT2D eigenvalue weighted by atomic mass is 10.2. The van der Waals surface area contributed by atoms with E-state index in [0.29, 0.717) is 0 Å². The van der Waals surface area contributed by atoms with Crippen molar-refractivity contribution in [2.75, 3.05) is 6.61 Å². The van der Waals surface area contributed by atoms with Gasteiger partial charge in [-0.3, -0.25) is 0 Å². The molecule has 0 saturated heterocycles. The lowest BCUT2D eigenvalue weighted by Gasteiger charge is -2.08. The zero-order chi connectivity index (χ0) is 12.3. The molecule has 4 nitrogen and oxygen atoms in total. The van der Waals surface area contributed by atoms with E-state index in [2.05, 4.69) is 0 Å². The Morgan fingerprint density at radius 2 is 2.06 bits per heavy atom. The highest BCUT2D eigenvalue weighted by Gasteiger charge is 2.13. The molecule has 88 valence electrons. The monoisotopic (exact) mass is 231 g/mol. The number of esters is 1. The summed E-state index contributed by atoms with van der Waals surface area (Å²) in [6, 6.07) is 8.60. The lowest BCUT2D eigenvalue weighted by molar-refractivity contribution is 0.0523. The minimum atomic E-state index is -0.515. The number of hydrogen-bond donors (Lipinski definition) is 1. The third-order valence-corrected chi connectivity index (χ3v) is 2.38. The second-order valence-corrected chi connectivity index (χ2v) is 3.51. The van der Waals surface area contributed by atoms with E-state index in [1.54, 1.807) is 19.1 Å². The molecule has 1 aromatic heterocycles. The number of phenols is 1. The Labute approximate surface area is 99.1 Å². The molecule has 2 aromatic rings. The highest BCUT2D eigenvalue weighted by Crippen LogP contribution is 2.21. The summed E-state index contributed by atoms with van der Waals surface area (Å²) >= 11 is 0. The Hall–Kier alpha value is -2.23. The molecule has 0 bridgehead atoms. The predicted octanol–water partition coefficient (Wildman–Crippen LogP) is 2.36. The molecule has 0 amide bonds. The van der Waals surface area contributed by atoms with E-state index in [4.69, 9.17) is 4.74 Å². The molecule has 1 N–H and O–H groups in total. The number of aromatic nitrogens is 1. The van der Waals surface area contributed by atoms with E-state index < -0.39 is 5.97 Å². The third-order valence-electron chi connectivity index (χ3n) is 2.38. The van der Waals surface area contributed by atoms with Crippen LogP contribution in [0.15, 0.2) is 42.7 Å². The Bertz CT molecular complexity index is 517. The normalized spacial score (nSPS) is 10.2. The van der Waals surface area contributed by atoms with Crippen LogP contribution in [-0.2, 0) is 4.74 Å². The molecule has 1 aromatic carbocycles. The fraction of sp³-hybridized carbons (Fsp3) is 0.154. The van der Waals surface area contributed by atoms with Crippen LogP contribution in [0.2, 0.25) is 0 Å². The number of aromatic hydroxyl groups is 1. The van der Waals surface area contributed by atoms with Crippen molar-refractivity contribution in [1.82, 2.24) is 4.57 Å². The van der Waals surface area contributed by atoms with Gasteiger partial charge in [-0.25, -0.2) is 4.79 Å². The van der Waals surface area contributed by atoms with Crippen molar-refractivity contribution in [3.8, 4) is 11.4 Å².